The van der Waals surface area contributed by atoms with Gasteiger partial charge in [-0.1, -0.05) is 29.0 Å². The highest BCUT2D eigenvalue weighted by Crippen LogP contribution is 2.18. The van der Waals surface area contributed by atoms with Gasteiger partial charge in [0.1, 0.15) is 5.51 Å². The Kier molecular flexibility index (Phi) is 5.42. The summed E-state index contributed by atoms with van der Waals surface area (Å²) in [5, 5.41) is 10.6. The second-order valence-corrected chi connectivity index (χ2v) is 8.56. The smallest absolute Gasteiger partial charge is 0.243 e. The molecule has 1 fully saturated rings. The molecule has 2 heterocycles. The summed E-state index contributed by atoms with van der Waals surface area (Å²) in [5.74, 6) is -0.174. The molecule has 1 aromatic heterocycles. The van der Waals surface area contributed by atoms with Gasteiger partial charge in [-0.3, -0.25) is 15.0 Å². The van der Waals surface area contributed by atoms with E-state index in [1.807, 2.05) is 11.8 Å². The van der Waals surface area contributed by atoms with Gasteiger partial charge in [0.15, 0.2) is 0 Å². The van der Waals surface area contributed by atoms with E-state index in [0.29, 0.717) is 36.2 Å². The molecule has 1 amide bonds. The summed E-state index contributed by atoms with van der Waals surface area (Å²) < 4.78 is 26.8. The average molecular weight is 381 g/mol. The number of nitrogens with zero attached hydrogens (tertiary/aromatic N) is 4. The van der Waals surface area contributed by atoms with Crippen molar-refractivity contribution in [1.82, 2.24) is 19.4 Å². The number of amides is 1. The number of aromatic nitrogens is 2. The molecule has 1 N–H and O–H groups in total. The number of anilines is 1. The lowest BCUT2D eigenvalue weighted by molar-refractivity contribution is -0.117. The minimum atomic E-state index is -3.48. The standard InChI is InChI=1S/C15H19N5O3S2/c1-12-2-4-13(5-3-12)25(22,23)20-8-6-19(7-9-20)10-14(21)17-15-18-16-11-24-15/h2-5,11H,6-10H2,1H3,(H,17,18,21). The van der Waals surface area contributed by atoms with Gasteiger partial charge in [0.25, 0.3) is 0 Å². The van der Waals surface area contributed by atoms with Crippen LogP contribution in [0.15, 0.2) is 34.7 Å². The lowest BCUT2D eigenvalue weighted by Crippen LogP contribution is -2.50. The first kappa shape index (κ1) is 17.9. The third kappa shape index (κ3) is 4.40. The Hall–Kier alpha value is -1.88. The first-order valence-electron chi connectivity index (χ1n) is 7.80. The van der Waals surface area contributed by atoms with Gasteiger partial charge in [-0.2, -0.15) is 4.31 Å². The minimum absolute atomic E-state index is 0.174. The Morgan fingerprint density at radius 2 is 1.88 bits per heavy atom. The van der Waals surface area contributed by atoms with Crippen molar-refractivity contribution in [1.29, 1.82) is 0 Å². The molecule has 3 rings (SSSR count). The Balaban J connectivity index is 1.54. The molecule has 1 aliphatic heterocycles. The zero-order chi connectivity index (χ0) is 17.9. The van der Waals surface area contributed by atoms with Crippen molar-refractivity contribution < 1.29 is 13.2 Å². The molecular formula is C15H19N5O3S2. The maximum Gasteiger partial charge on any atom is 0.243 e. The van der Waals surface area contributed by atoms with Crippen LogP contribution in [0.25, 0.3) is 0 Å². The van der Waals surface area contributed by atoms with E-state index in [-0.39, 0.29) is 12.5 Å². The molecule has 2 aromatic rings. The monoisotopic (exact) mass is 381 g/mol. The Morgan fingerprint density at radius 3 is 2.48 bits per heavy atom. The van der Waals surface area contributed by atoms with Crippen LogP contribution in [0, 0.1) is 6.92 Å². The van der Waals surface area contributed by atoms with Gasteiger partial charge in [-0.25, -0.2) is 8.42 Å². The van der Waals surface area contributed by atoms with Crippen LogP contribution in [0.2, 0.25) is 0 Å². The number of carbonyl (C=O) groups excluding carboxylic acids is 1. The van der Waals surface area contributed by atoms with E-state index in [0.717, 1.165) is 5.56 Å². The maximum absolute atomic E-state index is 12.7. The van der Waals surface area contributed by atoms with E-state index in [1.54, 1.807) is 29.8 Å². The van der Waals surface area contributed by atoms with Gasteiger partial charge in [-0.05, 0) is 19.1 Å². The van der Waals surface area contributed by atoms with Crippen LogP contribution >= 0.6 is 11.3 Å². The molecule has 1 saturated heterocycles. The number of aryl methyl sites for hydroxylation is 1. The summed E-state index contributed by atoms with van der Waals surface area (Å²) in [5.41, 5.74) is 2.56. The molecule has 0 bridgehead atoms. The van der Waals surface area contributed by atoms with Crippen LogP contribution in [0.3, 0.4) is 0 Å². The lowest BCUT2D eigenvalue weighted by atomic mass is 10.2. The average Bonchev–Trinajstić information content (AvgIpc) is 3.08. The lowest BCUT2D eigenvalue weighted by Gasteiger charge is -2.33. The van der Waals surface area contributed by atoms with Gasteiger partial charge in [-0.15, -0.1) is 10.2 Å². The second kappa shape index (κ2) is 7.56. The van der Waals surface area contributed by atoms with Gasteiger partial charge < -0.3 is 0 Å². The number of hydrogen-bond donors (Lipinski definition) is 1. The summed E-state index contributed by atoms with van der Waals surface area (Å²) in [6, 6.07) is 6.85. The third-order valence-corrected chi connectivity index (χ3v) is 6.48. The normalized spacial score (nSPS) is 16.7. The topological polar surface area (TPSA) is 95.5 Å². The molecule has 0 unspecified atom stereocenters. The highest BCUT2D eigenvalue weighted by molar-refractivity contribution is 7.89. The minimum Gasteiger partial charge on any atom is -0.299 e. The number of hydrogen-bond acceptors (Lipinski definition) is 7. The molecule has 1 aromatic carbocycles. The van der Waals surface area contributed by atoms with Gasteiger partial charge in [0.05, 0.1) is 11.4 Å². The predicted molar refractivity (Wildman–Crippen MR) is 94.9 cm³/mol. The number of benzene rings is 1. The molecule has 1 aliphatic rings. The Morgan fingerprint density at radius 1 is 1.20 bits per heavy atom. The van der Waals surface area contributed by atoms with Gasteiger partial charge in [0.2, 0.25) is 21.1 Å². The van der Waals surface area contributed by atoms with Crippen molar-refractivity contribution in [2.24, 2.45) is 0 Å². The third-order valence-electron chi connectivity index (χ3n) is 3.96. The summed E-state index contributed by atoms with van der Waals surface area (Å²) in [4.78, 5) is 14.2. The molecule has 134 valence electrons. The second-order valence-electron chi connectivity index (χ2n) is 5.79. The van der Waals surface area contributed by atoms with E-state index in [4.69, 9.17) is 0 Å². The predicted octanol–water partition coefficient (Wildman–Crippen LogP) is 0.792. The molecule has 0 saturated carbocycles. The van der Waals surface area contributed by atoms with Crippen LogP contribution in [-0.2, 0) is 14.8 Å². The molecule has 10 heteroatoms. The van der Waals surface area contributed by atoms with Crippen molar-refractivity contribution in [2.45, 2.75) is 11.8 Å². The largest absolute Gasteiger partial charge is 0.299 e. The van der Waals surface area contributed by atoms with Crippen LogP contribution in [0.1, 0.15) is 5.56 Å². The van der Waals surface area contributed by atoms with Crippen LogP contribution in [0.4, 0.5) is 5.13 Å². The van der Waals surface area contributed by atoms with Crippen LogP contribution < -0.4 is 5.32 Å². The highest BCUT2D eigenvalue weighted by Gasteiger charge is 2.29. The van der Waals surface area contributed by atoms with Crippen molar-refractivity contribution in [3.63, 3.8) is 0 Å². The molecular weight excluding hydrogens is 362 g/mol. The van der Waals surface area contributed by atoms with Crippen molar-refractivity contribution in [3.05, 3.63) is 35.3 Å². The zero-order valence-corrected chi connectivity index (χ0v) is 15.4. The fourth-order valence-electron chi connectivity index (χ4n) is 2.58. The number of sulfonamides is 1. The molecule has 8 nitrogen and oxygen atoms in total. The summed E-state index contributed by atoms with van der Waals surface area (Å²) in [6.07, 6.45) is 0. The van der Waals surface area contributed by atoms with Gasteiger partial charge >= 0.3 is 0 Å². The number of carbonyl (C=O) groups is 1. The number of nitrogens with one attached hydrogen (secondary N) is 1. The molecule has 0 aliphatic carbocycles. The van der Waals surface area contributed by atoms with Crippen LogP contribution in [0.5, 0.6) is 0 Å². The number of rotatable bonds is 5. The molecule has 0 atom stereocenters. The van der Waals surface area contributed by atoms with E-state index >= 15 is 0 Å². The summed E-state index contributed by atoms with van der Waals surface area (Å²) >= 11 is 1.26. The van der Waals surface area contributed by atoms with Gasteiger partial charge in [0, 0.05) is 26.2 Å². The van der Waals surface area contributed by atoms with E-state index in [9.17, 15) is 13.2 Å². The zero-order valence-electron chi connectivity index (χ0n) is 13.8. The van der Waals surface area contributed by atoms with Crippen molar-refractivity contribution >= 4 is 32.4 Å². The van der Waals surface area contributed by atoms with Crippen molar-refractivity contribution in [3.8, 4) is 0 Å². The summed E-state index contributed by atoms with van der Waals surface area (Å²) in [7, 11) is -3.48. The quantitative estimate of drug-likeness (QED) is 0.823. The SMILES string of the molecule is Cc1ccc(S(=O)(=O)N2CCN(CC(=O)Nc3nncs3)CC2)cc1. The highest BCUT2D eigenvalue weighted by atomic mass is 32.2. The molecule has 0 spiro atoms. The first-order chi connectivity index (χ1) is 11.9. The Labute approximate surface area is 150 Å². The molecule has 25 heavy (non-hydrogen) atoms. The maximum atomic E-state index is 12.7. The number of piperazine rings is 1. The van der Waals surface area contributed by atoms with Crippen molar-refractivity contribution in [2.75, 3.05) is 38.0 Å². The summed E-state index contributed by atoms with van der Waals surface area (Å²) in [6.45, 7) is 3.87. The Bertz CT molecular complexity index is 813. The van der Waals surface area contributed by atoms with Crippen LogP contribution in [-0.4, -0.2) is 66.5 Å². The fourth-order valence-corrected chi connectivity index (χ4v) is 4.46. The first-order valence-corrected chi connectivity index (χ1v) is 10.1. The molecule has 0 radical (unpaired) electrons. The fraction of sp³-hybridized carbons (Fsp3) is 0.400. The van der Waals surface area contributed by atoms with E-state index < -0.39 is 10.0 Å². The van der Waals surface area contributed by atoms with E-state index in [1.165, 1.54) is 15.6 Å². The van der Waals surface area contributed by atoms with E-state index in [2.05, 4.69) is 15.5 Å².